The minimum Gasteiger partial charge on any atom is -0.477 e. The summed E-state index contributed by atoms with van der Waals surface area (Å²) in [4.78, 5) is 20.4. The zero-order chi connectivity index (χ0) is 8.85. The summed E-state index contributed by atoms with van der Waals surface area (Å²) in [5.74, 6) is -2.77. The summed E-state index contributed by atoms with van der Waals surface area (Å²) in [6.45, 7) is 1.85. The molecule has 0 saturated heterocycles. The fraction of sp³-hybridized carbons (Fsp3) is 0.429. The Balaban J connectivity index is 4.33. The summed E-state index contributed by atoms with van der Waals surface area (Å²) in [7, 11) is 0. The number of allylic oxidation sites excluding steroid dienone is 1. The van der Waals surface area contributed by atoms with E-state index in [1.807, 2.05) is 6.92 Å². The molecule has 0 aromatic heterocycles. The highest BCUT2D eigenvalue weighted by Gasteiger charge is 2.14. The van der Waals surface area contributed by atoms with Gasteiger partial charge in [-0.3, -0.25) is 0 Å². The number of hydrogen-bond acceptors (Lipinski definition) is 2. The molecule has 0 heterocycles. The number of carboxylic acid groups (broad SMARTS) is 2. The van der Waals surface area contributed by atoms with Crippen molar-refractivity contribution >= 4 is 11.9 Å². The smallest absolute Gasteiger partial charge is 0.342 e. The lowest BCUT2D eigenvalue weighted by atomic mass is 10.2. The van der Waals surface area contributed by atoms with E-state index in [4.69, 9.17) is 10.2 Å². The van der Waals surface area contributed by atoms with Crippen molar-refractivity contribution in [2.45, 2.75) is 19.8 Å². The van der Waals surface area contributed by atoms with Crippen molar-refractivity contribution in [1.29, 1.82) is 0 Å². The van der Waals surface area contributed by atoms with Crippen molar-refractivity contribution in [2.24, 2.45) is 0 Å². The number of carbonyl (C=O) groups is 2. The van der Waals surface area contributed by atoms with Gasteiger partial charge in [-0.05, 0) is 6.42 Å². The quantitative estimate of drug-likeness (QED) is 0.362. The van der Waals surface area contributed by atoms with E-state index < -0.39 is 17.5 Å². The first-order valence-corrected chi connectivity index (χ1v) is 3.26. The molecule has 4 nitrogen and oxygen atoms in total. The average Bonchev–Trinajstić information content (AvgIpc) is 1.87. The Morgan fingerprint density at radius 1 is 1.27 bits per heavy atom. The molecule has 0 atom stereocenters. The van der Waals surface area contributed by atoms with Crippen molar-refractivity contribution in [3.05, 3.63) is 11.6 Å². The van der Waals surface area contributed by atoms with E-state index in [-0.39, 0.29) is 0 Å². The van der Waals surface area contributed by atoms with E-state index in [9.17, 15) is 9.59 Å². The number of carboxylic acids is 2. The second-order valence-electron chi connectivity index (χ2n) is 2.02. The maximum Gasteiger partial charge on any atom is 0.342 e. The third-order valence-electron chi connectivity index (χ3n) is 1.10. The monoisotopic (exact) mass is 158 g/mol. The molecule has 0 aromatic carbocycles. The molecule has 0 aliphatic rings. The first kappa shape index (κ1) is 9.68. The topological polar surface area (TPSA) is 74.6 Å². The van der Waals surface area contributed by atoms with Gasteiger partial charge in [0.15, 0.2) is 0 Å². The summed E-state index contributed by atoms with van der Waals surface area (Å²) in [5.41, 5.74) is -0.549. The lowest BCUT2D eigenvalue weighted by Crippen LogP contribution is -2.10. The van der Waals surface area contributed by atoms with Gasteiger partial charge in [0.05, 0.1) is 0 Å². The first-order valence-electron chi connectivity index (χ1n) is 3.26. The zero-order valence-corrected chi connectivity index (χ0v) is 6.20. The molecule has 0 aliphatic carbocycles. The molecule has 0 spiro atoms. The fourth-order valence-electron chi connectivity index (χ4n) is 0.555. The Morgan fingerprint density at radius 3 is 2.00 bits per heavy atom. The Hall–Kier alpha value is -1.32. The fourth-order valence-corrected chi connectivity index (χ4v) is 0.555. The van der Waals surface area contributed by atoms with Crippen LogP contribution in [-0.2, 0) is 9.59 Å². The molecule has 0 bridgehead atoms. The highest BCUT2D eigenvalue weighted by atomic mass is 16.4. The van der Waals surface area contributed by atoms with Crippen molar-refractivity contribution in [1.82, 2.24) is 0 Å². The van der Waals surface area contributed by atoms with Crippen LogP contribution < -0.4 is 0 Å². The third kappa shape index (κ3) is 3.40. The maximum atomic E-state index is 10.2. The number of unbranched alkanes of at least 4 members (excludes halogenated alkanes) is 1. The van der Waals surface area contributed by atoms with E-state index in [0.717, 1.165) is 6.42 Å². The van der Waals surface area contributed by atoms with Crippen LogP contribution in [0.15, 0.2) is 11.6 Å². The molecule has 0 saturated carbocycles. The average molecular weight is 158 g/mol. The van der Waals surface area contributed by atoms with Crippen LogP contribution in [0.2, 0.25) is 0 Å². The van der Waals surface area contributed by atoms with Gasteiger partial charge in [-0.25, -0.2) is 9.59 Å². The van der Waals surface area contributed by atoms with E-state index in [0.29, 0.717) is 6.42 Å². The van der Waals surface area contributed by atoms with Crippen molar-refractivity contribution in [3.63, 3.8) is 0 Å². The van der Waals surface area contributed by atoms with Crippen molar-refractivity contribution < 1.29 is 19.8 Å². The first-order chi connectivity index (χ1) is 5.09. The van der Waals surface area contributed by atoms with Gasteiger partial charge < -0.3 is 10.2 Å². The predicted octanol–water partition coefficient (Wildman–Crippen LogP) is 0.882. The minimum atomic E-state index is -1.38. The molecular formula is C7H10O4. The molecular weight excluding hydrogens is 148 g/mol. The Bertz CT molecular complexity index is 177. The van der Waals surface area contributed by atoms with Crippen LogP contribution in [0.25, 0.3) is 0 Å². The normalized spacial score (nSPS) is 8.82. The molecule has 0 radical (unpaired) electrons. The van der Waals surface area contributed by atoms with Crippen LogP contribution in [0.3, 0.4) is 0 Å². The van der Waals surface area contributed by atoms with Gasteiger partial charge in [-0.1, -0.05) is 19.4 Å². The van der Waals surface area contributed by atoms with Crippen LogP contribution in [0, 0.1) is 0 Å². The van der Waals surface area contributed by atoms with Crippen LogP contribution in [0.1, 0.15) is 19.8 Å². The Kier molecular flexibility index (Phi) is 3.95. The number of aliphatic carboxylic acids is 2. The standard InChI is InChI=1S/C7H10O4/c1-2-3-4-5(6(8)9)7(10)11/h4H,2-3H2,1H3,(H,8,9)(H,10,11). The van der Waals surface area contributed by atoms with E-state index in [1.165, 1.54) is 6.08 Å². The summed E-state index contributed by atoms with van der Waals surface area (Å²) in [6.07, 6.45) is 2.43. The van der Waals surface area contributed by atoms with Gasteiger partial charge in [0.25, 0.3) is 0 Å². The molecule has 0 aliphatic heterocycles. The van der Waals surface area contributed by atoms with Crippen LogP contribution >= 0.6 is 0 Å². The Morgan fingerprint density at radius 2 is 1.73 bits per heavy atom. The van der Waals surface area contributed by atoms with Crippen molar-refractivity contribution in [2.75, 3.05) is 0 Å². The highest BCUT2D eigenvalue weighted by molar-refractivity contribution is 6.12. The molecule has 0 rings (SSSR count). The predicted molar refractivity (Wildman–Crippen MR) is 38.3 cm³/mol. The SMILES string of the molecule is CCCC=C(C(=O)O)C(=O)O. The van der Waals surface area contributed by atoms with Gasteiger partial charge in [-0.15, -0.1) is 0 Å². The van der Waals surface area contributed by atoms with Gasteiger partial charge in [0, 0.05) is 0 Å². The van der Waals surface area contributed by atoms with E-state index in [2.05, 4.69) is 0 Å². The lowest BCUT2D eigenvalue weighted by molar-refractivity contribution is -0.140. The highest BCUT2D eigenvalue weighted by Crippen LogP contribution is 1.99. The zero-order valence-electron chi connectivity index (χ0n) is 6.20. The summed E-state index contributed by atoms with van der Waals surface area (Å²) < 4.78 is 0. The van der Waals surface area contributed by atoms with Crippen LogP contribution in [-0.4, -0.2) is 22.2 Å². The van der Waals surface area contributed by atoms with E-state index in [1.54, 1.807) is 0 Å². The molecule has 62 valence electrons. The second-order valence-corrected chi connectivity index (χ2v) is 2.02. The van der Waals surface area contributed by atoms with Gasteiger partial charge in [-0.2, -0.15) is 0 Å². The van der Waals surface area contributed by atoms with E-state index >= 15 is 0 Å². The summed E-state index contributed by atoms with van der Waals surface area (Å²) in [6, 6.07) is 0. The number of hydrogen-bond donors (Lipinski definition) is 2. The molecule has 0 fully saturated rings. The Labute approximate surface area is 64.2 Å². The minimum absolute atomic E-state index is 0.480. The van der Waals surface area contributed by atoms with Gasteiger partial charge in [0.2, 0.25) is 0 Å². The molecule has 0 amide bonds. The molecule has 0 aromatic rings. The van der Waals surface area contributed by atoms with Crippen LogP contribution in [0.4, 0.5) is 0 Å². The molecule has 4 heteroatoms. The second kappa shape index (κ2) is 4.49. The largest absolute Gasteiger partial charge is 0.477 e. The van der Waals surface area contributed by atoms with Gasteiger partial charge >= 0.3 is 11.9 Å². The molecule has 11 heavy (non-hydrogen) atoms. The third-order valence-corrected chi connectivity index (χ3v) is 1.10. The molecule has 0 unspecified atom stereocenters. The number of rotatable bonds is 4. The van der Waals surface area contributed by atoms with Crippen molar-refractivity contribution in [3.8, 4) is 0 Å². The lowest BCUT2D eigenvalue weighted by Gasteiger charge is -1.93. The van der Waals surface area contributed by atoms with Crippen LogP contribution in [0.5, 0.6) is 0 Å². The summed E-state index contributed by atoms with van der Waals surface area (Å²) >= 11 is 0. The molecule has 2 N–H and O–H groups in total. The maximum absolute atomic E-state index is 10.2. The van der Waals surface area contributed by atoms with Gasteiger partial charge in [0.1, 0.15) is 5.57 Å². The summed E-state index contributed by atoms with van der Waals surface area (Å²) in [5, 5.41) is 16.6.